The molecule has 0 radical (unpaired) electrons. The monoisotopic (exact) mass is 239 g/mol. The van der Waals surface area contributed by atoms with Gasteiger partial charge >= 0.3 is 5.69 Å². The number of hydrogen-bond donors (Lipinski definition) is 2. The van der Waals surface area contributed by atoms with Crippen LogP contribution < -0.4 is 11.0 Å². The minimum absolute atomic E-state index is 0.0448. The van der Waals surface area contributed by atoms with Crippen LogP contribution in [0.1, 0.15) is 26.3 Å². The van der Waals surface area contributed by atoms with E-state index >= 15 is 0 Å². The molecular formula is C12H21N3O2. The summed E-state index contributed by atoms with van der Waals surface area (Å²) in [6.07, 6.45) is 2.63. The van der Waals surface area contributed by atoms with Gasteiger partial charge in [0.2, 0.25) is 0 Å². The highest BCUT2D eigenvalue weighted by Crippen LogP contribution is 1.99. The molecule has 1 rings (SSSR count). The molecule has 1 unspecified atom stereocenters. The van der Waals surface area contributed by atoms with Crippen molar-refractivity contribution in [1.82, 2.24) is 14.9 Å². The molecule has 0 aliphatic carbocycles. The maximum absolute atomic E-state index is 11.4. The van der Waals surface area contributed by atoms with E-state index in [1.54, 1.807) is 6.20 Å². The van der Waals surface area contributed by atoms with Gasteiger partial charge in [0.1, 0.15) is 0 Å². The summed E-state index contributed by atoms with van der Waals surface area (Å²) in [6, 6.07) is 0. The normalized spacial score (nSPS) is 13.7. The summed E-state index contributed by atoms with van der Waals surface area (Å²) in [5, 5.41) is 13.0. The molecule has 0 aliphatic heterocycles. The van der Waals surface area contributed by atoms with Crippen LogP contribution in [0.4, 0.5) is 0 Å². The summed E-state index contributed by atoms with van der Waals surface area (Å²) in [4.78, 5) is 15.1. The van der Waals surface area contributed by atoms with Gasteiger partial charge in [-0.15, -0.1) is 0 Å². The SMILES string of the molecule is Cc1cnc(=O)n(CC(O)CNC(C)(C)C)c1. The Morgan fingerprint density at radius 2 is 2.18 bits per heavy atom. The van der Waals surface area contributed by atoms with Crippen LogP contribution in [0.2, 0.25) is 0 Å². The predicted octanol–water partition coefficient (Wildman–Crippen LogP) is 0.301. The number of hydrogen-bond acceptors (Lipinski definition) is 4. The Balaban J connectivity index is 2.59. The second-order valence-electron chi connectivity index (χ2n) is 5.35. The van der Waals surface area contributed by atoms with Gasteiger partial charge < -0.3 is 10.4 Å². The first kappa shape index (κ1) is 13.9. The number of rotatable bonds is 4. The third kappa shape index (κ3) is 5.10. The van der Waals surface area contributed by atoms with Gasteiger partial charge in [-0.1, -0.05) is 0 Å². The standard InChI is InChI=1S/C12H21N3O2/c1-9-5-13-11(17)15(7-9)8-10(16)6-14-12(2,3)4/h5,7,10,14,16H,6,8H2,1-4H3. The molecule has 1 aromatic heterocycles. The molecular weight excluding hydrogens is 218 g/mol. The van der Waals surface area contributed by atoms with Crippen molar-refractivity contribution in [3.05, 3.63) is 28.4 Å². The van der Waals surface area contributed by atoms with Crippen LogP contribution in [-0.2, 0) is 6.54 Å². The summed E-state index contributed by atoms with van der Waals surface area (Å²) >= 11 is 0. The summed E-state index contributed by atoms with van der Waals surface area (Å²) in [5.41, 5.74) is 0.530. The Hall–Kier alpha value is -1.20. The molecule has 17 heavy (non-hydrogen) atoms. The molecule has 0 saturated carbocycles. The van der Waals surface area contributed by atoms with E-state index in [0.717, 1.165) is 5.56 Å². The third-order valence-electron chi connectivity index (χ3n) is 2.26. The van der Waals surface area contributed by atoms with Crippen molar-refractivity contribution in [3.63, 3.8) is 0 Å². The largest absolute Gasteiger partial charge is 0.390 e. The number of aliphatic hydroxyl groups excluding tert-OH is 1. The van der Waals surface area contributed by atoms with Crippen LogP contribution in [0, 0.1) is 6.92 Å². The van der Waals surface area contributed by atoms with Crippen LogP contribution in [-0.4, -0.2) is 32.8 Å². The van der Waals surface area contributed by atoms with Gasteiger partial charge in [-0.05, 0) is 33.3 Å². The zero-order valence-corrected chi connectivity index (χ0v) is 10.9. The van der Waals surface area contributed by atoms with Crippen LogP contribution in [0.3, 0.4) is 0 Å². The smallest absolute Gasteiger partial charge is 0.347 e. The lowest BCUT2D eigenvalue weighted by molar-refractivity contribution is 0.140. The highest BCUT2D eigenvalue weighted by Gasteiger charge is 2.13. The first-order chi connectivity index (χ1) is 7.78. The fraction of sp³-hybridized carbons (Fsp3) is 0.667. The van der Waals surface area contributed by atoms with Crippen molar-refractivity contribution >= 4 is 0 Å². The molecule has 5 nitrogen and oxygen atoms in total. The van der Waals surface area contributed by atoms with Gasteiger partial charge in [0.05, 0.1) is 12.6 Å². The van der Waals surface area contributed by atoms with Crippen molar-refractivity contribution in [2.45, 2.75) is 45.9 Å². The first-order valence-electron chi connectivity index (χ1n) is 5.74. The van der Waals surface area contributed by atoms with E-state index in [1.165, 1.54) is 10.8 Å². The van der Waals surface area contributed by atoms with E-state index in [0.29, 0.717) is 6.54 Å². The van der Waals surface area contributed by atoms with Crippen molar-refractivity contribution in [1.29, 1.82) is 0 Å². The summed E-state index contributed by atoms with van der Waals surface area (Å²) in [7, 11) is 0. The lowest BCUT2D eigenvalue weighted by atomic mass is 10.1. The molecule has 0 bridgehead atoms. The molecule has 0 fully saturated rings. The van der Waals surface area contributed by atoms with E-state index in [4.69, 9.17) is 0 Å². The highest BCUT2D eigenvalue weighted by molar-refractivity contribution is 4.99. The quantitative estimate of drug-likeness (QED) is 0.793. The molecule has 2 N–H and O–H groups in total. The third-order valence-corrected chi connectivity index (χ3v) is 2.26. The lowest BCUT2D eigenvalue weighted by Crippen LogP contribution is -2.43. The van der Waals surface area contributed by atoms with E-state index in [-0.39, 0.29) is 17.8 Å². The number of aryl methyl sites for hydroxylation is 1. The second kappa shape index (κ2) is 5.42. The Labute approximate surface area is 102 Å². The predicted molar refractivity (Wildman–Crippen MR) is 67.0 cm³/mol. The lowest BCUT2D eigenvalue weighted by Gasteiger charge is -2.23. The number of nitrogens with one attached hydrogen (secondary N) is 1. The topological polar surface area (TPSA) is 67.2 Å². The number of nitrogens with zero attached hydrogens (tertiary/aromatic N) is 2. The Kier molecular flexibility index (Phi) is 4.42. The molecule has 0 amide bonds. The van der Waals surface area contributed by atoms with Gasteiger partial charge in [-0.25, -0.2) is 9.78 Å². The molecule has 96 valence electrons. The van der Waals surface area contributed by atoms with Gasteiger partial charge in [-0.2, -0.15) is 0 Å². The highest BCUT2D eigenvalue weighted by atomic mass is 16.3. The summed E-state index contributed by atoms with van der Waals surface area (Å²) in [6.45, 7) is 8.66. The fourth-order valence-electron chi connectivity index (χ4n) is 1.41. The van der Waals surface area contributed by atoms with Crippen LogP contribution >= 0.6 is 0 Å². The van der Waals surface area contributed by atoms with Crippen molar-refractivity contribution in [3.8, 4) is 0 Å². The van der Waals surface area contributed by atoms with E-state index in [9.17, 15) is 9.90 Å². The average molecular weight is 239 g/mol. The Morgan fingerprint density at radius 3 is 2.76 bits per heavy atom. The molecule has 0 saturated heterocycles. The molecule has 0 aliphatic rings. The molecule has 1 heterocycles. The van der Waals surface area contributed by atoms with E-state index < -0.39 is 6.10 Å². The maximum Gasteiger partial charge on any atom is 0.347 e. The maximum atomic E-state index is 11.4. The first-order valence-corrected chi connectivity index (χ1v) is 5.74. The number of aliphatic hydroxyl groups is 1. The number of aromatic nitrogens is 2. The van der Waals surface area contributed by atoms with Gasteiger partial charge in [0, 0.05) is 24.5 Å². The van der Waals surface area contributed by atoms with E-state index in [1.807, 2.05) is 27.7 Å². The second-order valence-corrected chi connectivity index (χ2v) is 5.35. The molecule has 1 atom stereocenters. The van der Waals surface area contributed by atoms with Gasteiger partial charge in [0.25, 0.3) is 0 Å². The number of β-amino-alcohol motifs (C(OH)–C–C–N with tert-alkyl or cyclic N) is 1. The molecule has 0 aromatic carbocycles. The Morgan fingerprint density at radius 1 is 1.53 bits per heavy atom. The Bertz CT molecular complexity index is 420. The fourth-order valence-corrected chi connectivity index (χ4v) is 1.41. The minimum atomic E-state index is -0.601. The van der Waals surface area contributed by atoms with Crippen LogP contribution in [0.5, 0.6) is 0 Å². The summed E-state index contributed by atoms with van der Waals surface area (Å²) in [5.74, 6) is 0. The molecule has 0 spiro atoms. The van der Waals surface area contributed by atoms with Crippen molar-refractivity contribution < 1.29 is 5.11 Å². The minimum Gasteiger partial charge on any atom is -0.390 e. The summed E-state index contributed by atoms with van der Waals surface area (Å²) < 4.78 is 1.43. The molecule has 5 heteroatoms. The zero-order valence-electron chi connectivity index (χ0n) is 10.9. The van der Waals surface area contributed by atoms with Gasteiger partial charge in [0.15, 0.2) is 0 Å². The van der Waals surface area contributed by atoms with Crippen molar-refractivity contribution in [2.75, 3.05) is 6.54 Å². The molecule has 1 aromatic rings. The van der Waals surface area contributed by atoms with Crippen LogP contribution in [0.25, 0.3) is 0 Å². The average Bonchev–Trinajstić information content (AvgIpc) is 2.20. The van der Waals surface area contributed by atoms with Crippen molar-refractivity contribution in [2.24, 2.45) is 0 Å². The zero-order chi connectivity index (χ0) is 13.1. The van der Waals surface area contributed by atoms with E-state index in [2.05, 4.69) is 10.3 Å². The van der Waals surface area contributed by atoms with Gasteiger partial charge in [-0.3, -0.25) is 4.57 Å². The van der Waals surface area contributed by atoms with Crippen LogP contribution in [0.15, 0.2) is 17.2 Å².